The quantitative estimate of drug-likeness (QED) is 0.644. The van der Waals surface area contributed by atoms with Gasteiger partial charge in [0.25, 0.3) is 5.91 Å². The van der Waals surface area contributed by atoms with Crippen LogP contribution in [-0.2, 0) is 0 Å². The van der Waals surface area contributed by atoms with Crippen molar-refractivity contribution < 1.29 is 9.21 Å². The molecule has 1 aromatic carbocycles. The van der Waals surface area contributed by atoms with E-state index >= 15 is 0 Å². The van der Waals surface area contributed by atoms with Gasteiger partial charge < -0.3 is 9.73 Å². The van der Waals surface area contributed by atoms with Crippen molar-refractivity contribution in [3.63, 3.8) is 0 Å². The van der Waals surface area contributed by atoms with E-state index in [2.05, 4.69) is 5.32 Å². The summed E-state index contributed by atoms with van der Waals surface area (Å²) in [6, 6.07) is 7.66. The smallest absolute Gasteiger partial charge is 0.287 e. The molecule has 0 atom stereocenters. The van der Waals surface area contributed by atoms with Gasteiger partial charge in [-0.25, -0.2) is 0 Å². The minimum atomic E-state index is -0.153. The summed E-state index contributed by atoms with van der Waals surface area (Å²) in [6.45, 7) is 2.68. The topological polar surface area (TPSA) is 42.2 Å². The normalized spacial score (nSPS) is 10.8. The number of hydrogen-bond acceptors (Lipinski definition) is 2. The molecule has 1 N–H and O–H groups in total. The van der Waals surface area contributed by atoms with Gasteiger partial charge in [-0.3, -0.25) is 4.79 Å². The molecule has 0 radical (unpaired) electrons. The number of fused-ring (bicyclic) bond motifs is 1. The molecule has 1 aromatic heterocycles. The lowest BCUT2D eigenvalue weighted by molar-refractivity contribution is 0.0927. The summed E-state index contributed by atoms with van der Waals surface area (Å²) in [5.41, 5.74) is 1.90. The molecule has 102 valence electrons. The Morgan fingerprint density at radius 1 is 1.26 bits per heavy atom. The van der Waals surface area contributed by atoms with Crippen molar-refractivity contribution in [2.45, 2.75) is 26.2 Å². The monoisotopic (exact) mass is 279 g/mol. The number of aryl methyl sites for hydroxylation is 1. The molecule has 0 saturated heterocycles. The maximum Gasteiger partial charge on any atom is 0.287 e. The summed E-state index contributed by atoms with van der Waals surface area (Å²) >= 11 is 5.59. The van der Waals surface area contributed by atoms with Gasteiger partial charge in [0.05, 0.1) is 0 Å². The van der Waals surface area contributed by atoms with E-state index in [9.17, 15) is 4.79 Å². The molecular weight excluding hydrogens is 262 g/mol. The largest absolute Gasteiger partial charge is 0.451 e. The lowest BCUT2D eigenvalue weighted by Crippen LogP contribution is -2.23. The fourth-order valence-electron chi connectivity index (χ4n) is 1.96. The van der Waals surface area contributed by atoms with Crippen LogP contribution in [0.25, 0.3) is 11.0 Å². The third-order valence-corrected chi connectivity index (χ3v) is 3.26. The fourth-order valence-corrected chi connectivity index (χ4v) is 2.15. The van der Waals surface area contributed by atoms with Gasteiger partial charge in [0.2, 0.25) is 0 Å². The van der Waals surface area contributed by atoms with Crippen molar-refractivity contribution in [1.82, 2.24) is 5.32 Å². The number of unbranched alkanes of at least 4 members (excludes halogenated alkanes) is 2. The number of alkyl halides is 1. The maximum absolute atomic E-state index is 11.9. The highest BCUT2D eigenvalue weighted by atomic mass is 35.5. The number of furan rings is 1. The Hall–Kier alpha value is -1.48. The number of nitrogens with one attached hydrogen (secondary N) is 1. The first-order valence-electron chi connectivity index (χ1n) is 6.55. The van der Waals surface area contributed by atoms with Crippen molar-refractivity contribution in [2.75, 3.05) is 12.4 Å². The number of halogens is 1. The Labute approximate surface area is 117 Å². The van der Waals surface area contributed by atoms with Crippen molar-refractivity contribution >= 4 is 28.5 Å². The molecule has 0 aliphatic carbocycles. The molecule has 1 amide bonds. The Kier molecular flexibility index (Phi) is 4.86. The summed E-state index contributed by atoms with van der Waals surface area (Å²) in [5, 5.41) is 3.82. The fraction of sp³-hybridized carbons (Fsp3) is 0.400. The Bertz CT molecular complexity index is 562. The zero-order chi connectivity index (χ0) is 13.7. The highest BCUT2D eigenvalue weighted by molar-refractivity contribution is 6.17. The lowest BCUT2D eigenvalue weighted by Gasteiger charge is -2.01. The predicted molar refractivity (Wildman–Crippen MR) is 77.9 cm³/mol. The SMILES string of the molecule is Cc1ccc2oc(C(=O)NCCCCCCl)cc2c1. The first-order valence-corrected chi connectivity index (χ1v) is 7.08. The van der Waals surface area contributed by atoms with E-state index in [0.29, 0.717) is 18.2 Å². The Morgan fingerprint density at radius 2 is 2.11 bits per heavy atom. The van der Waals surface area contributed by atoms with E-state index in [-0.39, 0.29) is 5.91 Å². The van der Waals surface area contributed by atoms with Crippen LogP contribution in [0.4, 0.5) is 0 Å². The second-order valence-electron chi connectivity index (χ2n) is 4.66. The molecule has 0 fully saturated rings. The second kappa shape index (κ2) is 6.62. The summed E-state index contributed by atoms with van der Waals surface area (Å²) in [7, 11) is 0. The first-order chi connectivity index (χ1) is 9.20. The predicted octanol–water partition coefficient (Wildman–Crippen LogP) is 3.88. The van der Waals surface area contributed by atoms with E-state index in [1.165, 1.54) is 0 Å². The molecule has 0 aliphatic rings. The molecule has 0 spiro atoms. The molecule has 0 bridgehead atoms. The number of rotatable bonds is 6. The number of carbonyl (C=O) groups excluding carboxylic acids is 1. The van der Waals surface area contributed by atoms with Crippen LogP contribution < -0.4 is 5.32 Å². The number of amides is 1. The van der Waals surface area contributed by atoms with Crippen LogP contribution >= 0.6 is 11.6 Å². The van der Waals surface area contributed by atoms with Gasteiger partial charge in [-0.05, 0) is 38.0 Å². The summed E-state index contributed by atoms with van der Waals surface area (Å²) in [4.78, 5) is 11.9. The molecule has 19 heavy (non-hydrogen) atoms. The van der Waals surface area contributed by atoms with Gasteiger partial charge in [-0.15, -0.1) is 11.6 Å². The zero-order valence-electron chi connectivity index (χ0n) is 11.0. The number of carbonyl (C=O) groups is 1. The van der Waals surface area contributed by atoms with Crippen molar-refractivity contribution in [2.24, 2.45) is 0 Å². The molecule has 1 heterocycles. The van der Waals surface area contributed by atoms with Gasteiger partial charge in [0, 0.05) is 17.8 Å². The zero-order valence-corrected chi connectivity index (χ0v) is 11.8. The maximum atomic E-state index is 11.9. The van der Waals surface area contributed by atoms with Crippen LogP contribution in [0.3, 0.4) is 0 Å². The van der Waals surface area contributed by atoms with Crippen LogP contribution in [0.5, 0.6) is 0 Å². The third-order valence-electron chi connectivity index (χ3n) is 2.99. The standard InChI is InChI=1S/C15H18ClNO2/c1-11-5-6-13-12(9-11)10-14(19-13)15(18)17-8-4-2-3-7-16/h5-6,9-10H,2-4,7-8H2,1H3,(H,17,18). The second-order valence-corrected chi connectivity index (χ2v) is 5.04. The third kappa shape index (κ3) is 3.74. The van der Waals surface area contributed by atoms with Crippen LogP contribution in [-0.4, -0.2) is 18.3 Å². The Morgan fingerprint density at radius 3 is 2.89 bits per heavy atom. The molecule has 4 heteroatoms. The van der Waals surface area contributed by atoms with Gasteiger partial charge in [0.1, 0.15) is 5.58 Å². The molecule has 0 aliphatic heterocycles. The molecule has 3 nitrogen and oxygen atoms in total. The highest BCUT2D eigenvalue weighted by Gasteiger charge is 2.11. The van der Waals surface area contributed by atoms with Gasteiger partial charge >= 0.3 is 0 Å². The summed E-state index contributed by atoms with van der Waals surface area (Å²) in [6.07, 6.45) is 2.96. The van der Waals surface area contributed by atoms with E-state index in [0.717, 1.165) is 35.8 Å². The summed E-state index contributed by atoms with van der Waals surface area (Å²) in [5.74, 6) is 0.898. The minimum Gasteiger partial charge on any atom is -0.451 e. The van der Waals surface area contributed by atoms with Crippen LogP contribution in [0.2, 0.25) is 0 Å². The first kappa shape index (κ1) is 13.9. The van der Waals surface area contributed by atoms with Crippen LogP contribution in [0.1, 0.15) is 35.4 Å². The highest BCUT2D eigenvalue weighted by Crippen LogP contribution is 2.20. The average Bonchev–Trinajstić information content (AvgIpc) is 2.81. The van der Waals surface area contributed by atoms with Gasteiger partial charge in [0.15, 0.2) is 5.76 Å². The van der Waals surface area contributed by atoms with E-state index < -0.39 is 0 Å². The number of benzene rings is 1. The van der Waals surface area contributed by atoms with E-state index in [1.807, 2.05) is 25.1 Å². The summed E-state index contributed by atoms with van der Waals surface area (Å²) < 4.78 is 5.53. The van der Waals surface area contributed by atoms with Gasteiger partial charge in [-0.2, -0.15) is 0 Å². The molecule has 0 saturated carbocycles. The van der Waals surface area contributed by atoms with Crippen LogP contribution in [0.15, 0.2) is 28.7 Å². The van der Waals surface area contributed by atoms with E-state index in [1.54, 1.807) is 6.07 Å². The van der Waals surface area contributed by atoms with E-state index in [4.69, 9.17) is 16.0 Å². The van der Waals surface area contributed by atoms with Crippen molar-refractivity contribution in [3.05, 3.63) is 35.6 Å². The minimum absolute atomic E-state index is 0.153. The van der Waals surface area contributed by atoms with Crippen molar-refractivity contribution in [3.8, 4) is 0 Å². The molecule has 2 rings (SSSR count). The lowest BCUT2D eigenvalue weighted by atomic mass is 10.2. The molecular formula is C15H18ClNO2. The molecule has 2 aromatic rings. The average molecular weight is 280 g/mol. The Balaban J connectivity index is 1.94. The van der Waals surface area contributed by atoms with Crippen molar-refractivity contribution in [1.29, 1.82) is 0 Å². The number of hydrogen-bond donors (Lipinski definition) is 1. The molecule has 0 unspecified atom stereocenters. The van der Waals surface area contributed by atoms with Crippen LogP contribution in [0, 0.1) is 6.92 Å². The van der Waals surface area contributed by atoms with Gasteiger partial charge in [-0.1, -0.05) is 18.1 Å².